The Bertz CT molecular complexity index is 867. The van der Waals surface area contributed by atoms with Gasteiger partial charge in [0.1, 0.15) is 5.75 Å². The summed E-state index contributed by atoms with van der Waals surface area (Å²) in [4.78, 5) is 26.6. The van der Waals surface area contributed by atoms with E-state index < -0.39 is 0 Å². The molecule has 1 aromatic carbocycles. The zero-order valence-electron chi connectivity index (χ0n) is 16.4. The standard InChI is InChI=1S/C19H24N4O3S2/c1-5-16(24)23(13-7-8-13)18-21-22-19(28-18)27-12(3)17(25)20-14-10-11(2)6-9-15(14)26-4/h6,9-10,12-13H,5,7-8H2,1-4H3,(H,20,25)/t12-/m1/s1. The number of aromatic nitrogens is 2. The SMILES string of the molecule is CCC(=O)N(c1nnc(S[C@H](C)C(=O)Nc2cc(C)ccc2OC)s1)C1CC1. The Labute approximate surface area is 172 Å². The van der Waals surface area contributed by atoms with E-state index in [0.29, 0.717) is 27.3 Å². The molecule has 0 saturated heterocycles. The molecule has 9 heteroatoms. The summed E-state index contributed by atoms with van der Waals surface area (Å²) in [7, 11) is 1.57. The smallest absolute Gasteiger partial charge is 0.237 e. The number of aryl methyl sites for hydroxylation is 1. The van der Waals surface area contributed by atoms with E-state index >= 15 is 0 Å². The summed E-state index contributed by atoms with van der Waals surface area (Å²) in [5.74, 6) is 0.536. The van der Waals surface area contributed by atoms with Gasteiger partial charge in [-0.3, -0.25) is 14.5 Å². The molecule has 150 valence electrons. The van der Waals surface area contributed by atoms with Crippen LogP contribution >= 0.6 is 23.1 Å². The molecule has 0 unspecified atom stereocenters. The highest BCUT2D eigenvalue weighted by molar-refractivity contribution is 8.02. The van der Waals surface area contributed by atoms with Crippen molar-refractivity contribution in [2.24, 2.45) is 0 Å². The minimum atomic E-state index is -0.373. The Morgan fingerprint density at radius 3 is 2.79 bits per heavy atom. The summed E-state index contributed by atoms with van der Waals surface area (Å²) >= 11 is 2.69. The molecule has 1 heterocycles. The van der Waals surface area contributed by atoms with Crippen LogP contribution in [0.2, 0.25) is 0 Å². The van der Waals surface area contributed by atoms with E-state index in [0.717, 1.165) is 18.4 Å². The molecule has 1 N–H and O–H groups in total. The number of hydrogen-bond acceptors (Lipinski definition) is 7. The quantitative estimate of drug-likeness (QED) is 0.515. The molecule has 1 atom stereocenters. The van der Waals surface area contributed by atoms with E-state index in [1.54, 1.807) is 12.0 Å². The van der Waals surface area contributed by atoms with Crippen molar-refractivity contribution in [2.75, 3.05) is 17.3 Å². The maximum absolute atomic E-state index is 12.6. The number of hydrogen-bond donors (Lipinski definition) is 1. The van der Waals surface area contributed by atoms with Crippen LogP contribution in [0.4, 0.5) is 10.8 Å². The van der Waals surface area contributed by atoms with Gasteiger partial charge in [0, 0.05) is 12.5 Å². The van der Waals surface area contributed by atoms with Crippen molar-refractivity contribution in [3.8, 4) is 5.75 Å². The Morgan fingerprint density at radius 1 is 1.39 bits per heavy atom. The van der Waals surface area contributed by atoms with Crippen molar-refractivity contribution in [3.63, 3.8) is 0 Å². The average Bonchev–Trinajstić information content (AvgIpc) is 3.40. The molecule has 7 nitrogen and oxygen atoms in total. The second-order valence-electron chi connectivity index (χ2n) is 6.65. The molecule has 1 aliphatic carbocycles. The second kappa shape index (κ2) is 8.91. The maximum Gasteiger partial charge on any atom is 0.237 e. The van der Waals surface area contributed by atoms with E-state index in [-0.39, 0.29) is 23.1 Å². The molecule has 2 aromatic rings. The van der Waals surface area contributed by atoms with E-state index in [4.69, 9.17) is 4.74 Å². The topological polar surface area (TPSA) is 84.4 Å². The van der Waals surface area contributed by atoms with Crippen LogP contribution in [0.3, 0.4) is 0 Å². The summed E-state index contributed by atoms with van der Waals surface area (Å²) in [5, 5.41) is 11.5. The summed E-state index contributed by atoms with van der Waals surface area (Å²) in [6.07, 6.45) is 2.45. The van der Waals surface area contributed by atoms with E-state index in [1.165, 1.54) is 23.1 Å². The van der Waals surface area contributed by atoms with Gasteiger partial charge in [-0.05, 0) is 44.4 Å². The molecular weight excluding hydrogens is 396 g/mol. The van der Waals surface area contributed by atoms with Crippen LogP contribution in [0.15, 0.2) is 22.5 Å². The fourth-order valence-electron chi connectivity index (χ4n) is 2.68. The van der Waals surface area contributed by atoms with Crippen LogP contribution in [0.1, 0.15) is 38.7 Å². The summed E-state index contributed by atoms with van der Waals surface area (Å²) in [6.45, 7) is 5.62. The summed E-state index contributed by atoms with van der Waals surface area (Å²) < 4.78 is 5.98. The third-order valence-electron chi connectivity index (χ3n) is 4.34. The summed E-state index contributed by atoms with van der Waals surface area (Å²) in [6, 6.07) is 5.88. The zero-order valence-corrected chi connectivity index (χ0v) is 18.0. The van der Waals surface area contributed by atoms with Gasteiger partial charge in [-0.25, -0.2) is 0 Å². The van der Waals surface area contributed by atoms with Gasteiger partial charge in [0.2, 0.25) is 16.9 Å². The third kappa shape index (κ3) is 4.82. The molecule has 1 aliphatic rings. The fraction of sp³-hybridized carbons (Fsp3) is 0.474. The third-order valence-corrected chi connectivity index (χ3v) is 6.45. The number of methoxy groups -OCH3 is 1. The van der Waals surface area contributed by atoms with Crippen molar-refractivity contribution in [2.45, 2.75) is 55.7 Å². The van der Waals surface area contributed by atoms with Gasteiger partial charge in [0.05, 0.1) is 18.0 Å². The first-order chi connectivity index (χ1) is 13.4. The van der Waals surface area contributed by atoms with Crippen molar-refractivity contribution in [1.82, 2.24) is 10.2 Å². The predicted molar refractivity (Wildman–Crippen MR) is 112 cm³/mol. The molecule has 0 bridgehead atoms. The number of carbonyl (C=O) groups excluding carboxylic acids is 2. The highest BCUT2D eigenvalue weighted by Crippen LogP contribution is 2.37. The molecule has 0 radical (unpaired) electrons. The van der Waals surface area contributed by atoms with Gasteiger partial charge in [-0.15, -0.1) is 10.2 Å². The van der Waals surface area contributed by atoms with Crippen molar-refractivity contribution >= 4 is 45.7 Å². The van der Waals surface area contributed by atoms with Crippen LogP contribution in [-0.2, 0) is 9.59 Å². The van der Waals surface area contributed by atoms with Crippen LogP contribution in [0.5, 0.6) is 5.75 Å². The summed E-state index contributed by atoms with van der Waals surface area (Å²) in [5.41, 5.74) is 1.68. The highest BCUT2D eigenvalue weighted by atomic mass is 32.2. The Balaban J connectivity index is 1.65. The number of amides is 2. The molecule has 1 aromatic heterocycles. The number of anilines is 2. The molecule has 1 saturated carbocycles. The van der Waals surface area contributed by atoms with Crippen LogP contribution in [-0.4, -0.2) is 40.4 Å². The molecule has 1 fully saturated rings. The lowest BCUT2D eigenvalue weighted by molar-refractivity contribution is -0.118. The normalized spacial score (nSPS) is 14.4. The van der Waals surface area contributed by atoms with Crippen molar-refractivity contribution in [1.29, 1.82) is 0 Å². The van der Waals surface area contributed by atoms with Crippen LogP contribution in [0.25, 0.3) is 0 Å². The molecule has 3 rings (SSSR count). The zero-order chi connectivity index (χ0) is 20.3. The lowest BCUT2D eigenvalue weighted by atomic mass is 10.2. The van der Waals surface area contributed by atoms with E-state index in [2.05, 4.69) is 15.5 Å². The minimum absolute atomic E-state index is 0.0625. The first-order valence-electron chi connectivity index (χ1n) is 9.20. The van der Waals surface area contributed by atoms with Gasteiger partial charge >= 0.3 is 0 Å². The average molecular weight is 421 g/mol. The molecular formula is C19H24N4O3S2. The number of nitrogens with zero attached hydrogens (tertiary/aromatic N) is 3. The van der Waals surface area contributed by atoms with E-state index in [1.807, 2.05) is 39.0 Å². The predicted octanol–water partition coefficient (Wildman–Crippen LogP) is 3.88. The van der Waals surface area contributed by atoms with Gasteiger partial charge in [-0.1, -0.05) is 36.1 Å². The number of thioether (sulfide) groups is 1. The first-order valence-corrected chi connectivity index (χ1v) is 10.9. The Hall–Kier alpha value is -2.13. The number of ether oxygens (including phenoxy) is 1. The van der Waals surface area contributed by atoms with Crippen molar-refractivity contribution in [3.05, 3.63) is 23.8 Å². The molecule has 0 spiro atoms. The van der Waals surface area contributed by atoms with Gasteiger partial charge in [0.15, 0.2) is 4.34 Å². The maximum atomic E-state index is 12.6. The molecule has 2 amide bonds. The van der Waals surface area contributed by atoms with Gasteiger partial charge in [0.25, 0.3) is 0 Å². The highest BCUT2D eigenvalue weighted by Gasteiger charge is 2.35. The van der Waals surface area contributed by atoms with Gasteiger partial charge in [-0.2, -0.15) is 0 Å². The fourth-order valence-corrected chi connectivity index (χ4v) is 4.75. The van der Waals surface area contributed by atoms with E-state index in [9.17, 15) is 9.59 Å². The number of rotatable bonds is 8. The largest absolute Gasteiger partial charge is 0.495 e. The molecule has 0 aliphatic heterocycles. The van der Waals surface area contributed by atoms with Crippen LogP contribution in [0, 0.1) is 6.92 Å². The monoisotopic (exact) mass is 420 g/mol. The number of carbonyl (C=O) groups is 2. The second-order valence-corrected chi connectivity index (χ2v) is 9.20. The minimum Gasteiger partial charge on any atom is -0.495 e. The number of benzene rings is 1. The molecule has 28 heavy (non-hydrogen) atoms. The lowest BCUT2D eigenvalue weighted by Crippen LogP contribution is -2.32. The lowest BCUT2D eigenvalue weighted by Gasteiger charge is -2.17. The van der Waals surface area contributed by atoms with Crippen LogP contribution < -0.4 is 15.0 Å². The Kier molecular flexibility index (Phi) is 6.56. The number of nitrogens with one attached hydrogen (secondary N) is 1. The van der Waals surface area contributed by atoms with Gasteiger partial charge < -0.3 is 10.1 Å². The van der Waals surface area contributed by atoms with Crippen molar-refractivity contribution < 1.29 is 14.3 Å². The Morgan fingerprint density at radius 2 is 2.14 bits per heavy atom. The first kappa shape index (κ1) is 20.6.